The van der Waals surface area contributed by atoms with E-state index in [1.165, 1.54) is 79.3 Å². The van der Waals surface area contributed by atoms with Gasteiger partial charge in [0.2, 0.25) is 0 Å². The molecular weight excluding hydrogens is 434 g/mol. The van der Waals surface area contributed by atoms with Gasteiger partial charge in [0, 0.05) is 18.8 Å². The van der Waals surface area contributed by atoms with Gasteiger partial charge in [-0.2, -0.15) is 0 Å². The van der Waals surface area contributed by atoms with Crippen LogP contribution in [0.5, 0.6) is 0 Å². The lowest BCUT2D eigenvalue weighted by atomic mass is 9.62. The lowest BCUT2D eigenvalue weighted by molar-refractivity contribution is 0.105. The standard InChI is InChI=1S/C32H43N.C3H8/c1-25-22-30(29-11-7-6-8-12-29)24-32(23-25)18-20-33(21-19-32)26(2)28-15-13-27(14-16-28)10-9-17-31(3,4)5;1-3-2/h6-8,11-16,30H,1-2,9-10,17-24H2,3-5H3;3H2,1-2H3. The largest absolute Gasteiger partial charge is 0.371 e. The van der Waals surface area contributed by atoms with Crippen molar-refractivity contribution in [1.82, 2.24) is 4.90 Å². The van der Waals surface area contributed by atoms with E-state index in [9.17, 15) is 0 Å². The summed E-state index contributed by atoms with van der Waals surface area (Å²) < 4.78 is 0. The van der Waals surface area contributed by atoms with Crippen molar-refractivity contribution in [2.75, 3.05) is 13.1 Å². The fourth-order valence-electron chi connectivity index (χ4n) is 6.08. The Balaban J connectivity index is 0.00000115. The van der Waals surface area contributed by atoms with Gasteiger partial charge in [-0.15, -0.1) is 0 Å². The fraction of sp³-hybridized carbons (Fsp3) is 0.543. The second kappa shape index (κ2) is 12.8. The van der Waals surface area contributed by atoms with Crippen LogP contribution in [-0.4, -0.2) is 18.0 Å². The molecule has 0 radical (unpaired) electrons. The molecule has 1 aliphatic heterocycles. The molecule has 2 aromatic rings. The van der Waals surface area contributed by atoms with Crippen LogP contribution in [0.2, 0.25) is 0 Å². The average Bonchev–Trinajstić information content (AvgIpc) is 2.84. The molecule has 36 heavy (non-hydrogen) atoms. The average molecular weight is 486 g/mol. The van der Waals surface area contributed by atoms with E-state index in [0.29, 0.717) is 16.7 Å². The van der Waals surface area contributed by atoms with Crippen LogP contribution in [-0.2, 0) is 6.42 Å². The van der Waals surface area contributed by atoms with Gasteiger partial charge in [-0.25, -0.2) is 0 Å². The Morgan fingerprint density at radius 1 is 0.972 bits per heavy atom. The normalized spacial score (nSPS) is 19.5. The van der Waals surface area contributed by atoms with Crippen LogP contribution in [0.25, 0.3) is 5.70 Å². The van der Waals surface area contributed by atoms with Gasteiger partial charge >= 0.3 is 0 Å². The minimum Gasteiger partial charge on any atom is -0.371 e. The maximum absolute atomic E-state index is 4.49. The molecule has 0 bridgehead atoms. The van der Waals surface area contributed by atoms with Gasteiger partial charge in [-0.1, -0.05) is 114 Å². The van der Waals surface area contributed by atoms with Gasteiger partial charge in [-0.3, -0.25) is 0 Å². The Bertz CT molecular complexity index is 952. The molecule has 2 aromatic carbocycles. The third-order valence-electron chi connectivity index (χ3n) is 8.00. The first-order valence-corrected chi connectivity index (χ1v) is 14.4. The molecule has 0 amide bonds. The quantitative estimate of drug-likeness (QED) is 0.368. The van der Waals surface area contributed by atoms with E-state index in [4.69, 9.17) is 0 Å². The van der Waals surface area contributed by atoms with Gasteiger partial charge in [0.1, 0.15) is 0 Å². The summed E-state index contributed by atoms with van der Waals surface area (Å²) in [6.07, 6.45) is 11.1. The van der Waals surface area contributed by atoms with Crippen molar-refractivity contribution in [3.05, 3.63) is 90.0 Å². The lowest BCUT2D eigenvalue weighted by Gasteiger charge is -2.48. The van der Waals surface area contributed by atoms with Gasteiger partial charge in [0.25, 0.3) is 0 Å². The predicted molar refractivity (Wildman–Crippen MR) is 159 cm³/mol. The third kappa shape index (κ3) is 8.12. The van der Waals surface area contributed by atoms with E-state index in [2.05, 4.69) is 107 Å². The summed E-state index contributed by atoms with van der Waals surface area (Å²) in [5, 5.41) is 0. The number of likely N-dealkylation sites (tertiary alicyclic amines) is 1. The minimum atomic E-state index is 0.420. The maximum atomic E-state index is 4.49. The number of rotatable bonds is 6. The first-order chi connectivity index (χ1) is 17.1. The molecule has 1 heterocycles. The van der Waals surface area contributed by atoms with E-state index in [1.54, 1.807) is 0 Å². The van der Waals surface area contributed by atoms with Gasteiger partial charge < -0.3 is 4.90 Å². The van der Waals surface area contributed by atoms with Crippen LogP contribution < -0.4 is 0 Å². The molecule has 1 atom stereocenters. The van der Waals surface area contributed by atoms with Crippen molar-refractivity contribution in [2.45, 2.75) is 98.3 Å². The maximum Gasteiger partial charge on any atom is 0.0366 e. The summed E-state index contributed by atoms with van der Waals surface area (Å²) in [4.78, 5) is 2.52. The first-order valence-electron chi connectivity index (χ1n) is 14.4. The molecule has 0 N–H and O–H groups in total. The van der Waals surface area contributed by atoms with Gasteiger partial charge in [0.05, 0.1) is 0 Å². The molecule has 1 aliphatic carbocycles. The summed E-state index contributed by atoms with van der Waals surface area (Å²) in [5.74, 6) is 0.632. The van der Waals surface area contributed by atoms with E-state index in [0.717, 1.165) is 19.5 Å². The van der Waals surface area contributed by atoms with E-state index >= 15 is 0 Å². The van der Waals surface area contributed by atoms with Crippen LogP contribution in [0.3, 0.4) is 0 Å². The molecule has 2 aliphatic rings. The summed E-state index contributed by atoms with van der Waals surface area (Å²) in [6.45, 7) is 22.4. The summed E-state index contributed by atoms with van der Waals surface area (Å²) in [6, 6.07) is 20.3. The van der Waals surface area contributed by atoms with Gasteiger partial charge in [-0.05, 0) is 84.8 Å². The number of benzene rings is 2. The zero-order chi connectivity index (χ0) is 26.2. The highest BCUT2D eigenvalue weighted by Gasteiger charge is 2.40. The van der Waals surface area contributed by atoms with Gasteiger partial charge in [0.15, 0.2) is 0 Å². The Labute approximate surface area is 222 Å². The van der Waals surface area contributed by atoms with Crippen LogP contribution in [0.15, 0.2) is 73.3 Å². The molecule has 2 fully saturated rings. The van der Waals surface area contributed by atoms with Crippen LogP contribution in [0.1, 0.15) is 109 Å². The molecule has 4 rings (SSSR count). The van der Waals surface area contributed by atoms with Crippen molar-refractivity contribution in [2.24, 2.45) is 10.8 Å². The summed E-state index contributed by atoms with van der Waals surface area (Å²) >= 11 is 0. The van der Waals surface area contributed by atoms with E-state index in [1.807, 2.05) is 0 Å². The SMILES string of the molecule is C=C1CC(c2ccccc2)CC2(CCN(C(=C)c3ccc(CCCC(C)(C)C)cc3)CC2)C1.CCC. The number of hydrogen-bond donors (Lipinski definition) is 0. The minimum absolute atomic E-state index is 0.420. The molecule has 1 saturated carbocycles. The topological polar surface area (TPSA) is 3.24 Å². The predicted octanol–water partition coefficient (Wildman–Crippen LogP) is 10.0. The number of nitrogens with zero attached hydrogens (tertiary/aromatic N) is 1. The van der Waals surface area contributed by atoms with E-state index < -0.39 is 0 Å². The van der Waals surface area contributed by atoms with Crippen LogP contribution in [0, 0.1) is 10.8 Å². The molecule has 0 aromatic heterocycles. The van der Waals surface area contributed by atoms with Crippen molar-refractivity contribution in [3.8, 4) is 0 Å². The Morgan fingerprint density at radius 3 is 2.17 bits per heavy atom. The molecule has 196 valence electrons. The zero-order valence-corrected chi connectivity index (χ0v) is 23.9. The number of aryl methyl sites for hydroxylation is 1. The number of hydrogen-bond acceptors (Lipinski definition) is 1. The Morgan fingerprint density at radius 2 is 1.58 bits per heavy atom. The summed E-state index contributed by atoms with van der Waals surface area (Å²) in [5.41, 5.74) is 7.70. The highest BCUT2D eigenvalue weighted by molar-refractivity contribution is 5.62. The van der Waals surface area contributed by atoms with Crippen molar-refractivity contribution in [3.63, 3.8) is 0 Å². The van der Waals surface area contributed by atoms with Crippen molar-refractivity contribution >= 4 is 5.70 Å². The second-order valence-electron chi connectivity index (χ2n) is 12.7. The molecular formula is C35H51N. The molecule has 1 heteroatoms. The first kappa shape index (κ1) is 28.3. The van der Waals surface area contributed by atoms with Crippen LogP contribution >= 0.6 is 0 Å². The highest BCUT2D eigenvalue weighted by Crippen LogP contribution is 2.51. The van der Waals surface area contributed by atoms with E-state index in [-0.39, 0.29) is 0 Å². The molecule has 1 saturated heterocycles. The highest BCUT2D eigenvalue weighted by atomic mass is 15.1. The number of allylic oxidation sites excluding steroid dienone is 1. The monoisotopic (exact) mass is 485 g/mol. The lowest BCUT2D eigenvalue weighted by Crippen LogP contribution is -2.41. The van der Waals surface area contributed by atoms with Crippen molar-refractivity contribution < 1.29 is 0 Å². The zero-order valence-electron chi connectivity index (χ0n) is 23.9. The van der Waals surface area contributed by atoms with Crippen molar-refractivity contribution in [1.29, 1.82) is 0 Å². The molecule has 1 spiro atoms. The Kier molecular flexibility index (Phi) is 10.1. The smallest absolute Gasteiger partial charge is 0.0366 e. The molecule has 1 nitrogen and oxygen atoms in total. The summed E-state index contributed by atoms with van der Waals surface area (Å²) in [7, 11) is 0. The van der Waals surface area contributed by atoms with Crippen LogP contribution in [0.4, 0.5) is 0 Å². The number of piperidine rings is 1. The Hall–Kier alpha value is -2.28. The molecule has 1 unspecified atom stereocenters. The third-order valence-corrected chi connectivity index (χ3v) is 8.00. The fourth-order valence-corrected chi connectivity index (χ4v) is 6.08. The second-order valence-corrected chi connectivity index (χ2v) is 12.7.